The van der Waals surface area contributed by atoms with Gasteiger partial charge in [-0.05, 0) is 48.9 Å². The molecule has 2 aromatic carbocycles. The Hall–Kier alpha value is -2.44. The molecular formula is C22H24N2O3S. The van der Waals surface area contributed by atoms with Crippen molar-refractivity contribution < 1.29 is 13.2 Å². The first-order valence-corrected chi connectivity index (χ1v) is 11.1. The van der Waals surface area contributed by atoms with E-state index in [0.717, 1.165) is 35.0 Å². The van der Waals surface area contributed by atoms with Gasteiger partial charge in [0.2, 0.25) is 10.0 Å². The number of fused-ring (bicyclic) bond motifs is 3. The molecule has 0 saturated carbocycles. The maximum atomic E-state index is 12.9. The lowest BCUT2D eigenvalue weighted by atomic mass is 9.94. The Labute approximate surface area is 165 Å². The molecule has 0 radical (unpaired) electrons. The number of benzene rings is 2. The van der Waals surface area contributed by atoms with Crippen LogP contribution in [0.4, 0.5) is 0 Å². The van der Waals surface area contributed by atoms with Gasteiger partial charge in [-0.15, -0.1) is 0 Å². The fraction of sp³-hybridized carbons (Fsp3) is 0.318. The van der Waals surface area contributed by atoms with Gasteiger partial charge in [0.25, 0.3) is 0 Å². The number of nitrogens with one attached hydrogen (secondary N) is 2. The molecule has 5 nitrogen and oxygen atoms in total. The number of aryl methyl sites for hydroxylation is 2. The average Bonchev–Trinajstić information content (AvgIpc) is 3.05. The molecule has 0 bridgehead atoms. The molecule has 4 rings (SSSR count). The molecule has 0 aliphatic heterocycles. The predicted molar refractivity (Wildman–Crippen MR) is 110 cm³/mol. The lowest BCUT2D eigenvalue weighted by molar-refractivity contribution is 0.0974. The zero-order chi connectivity index (χ0) is 19.9. The molecule has 2 N–H and O–H groups in total. The van der Waals surface area contributed by atoms with Gasteiger partial charge in [-0.3, -0.25) is 4.79 Å². The van der Waals surface area contributed by atoms with Crippen LogP contribution in [-0.4, -0.2) is 25.7 Å². The van der Waals surface area contributed by atoms with Crippen molar-refractivity contribution >= 4 is 26.7 Å². The number of rotatable bonds is 5. The second-order valence-corrected chi connectivity index (χ2v) is 9.32. The van der Waals surface area contributed by atoms with Gasteiger partial charge in [0.15, 0.2) is 5.78 Å². The highest BCUT2D eigenvalue weighted by atomic mass is 32.2. The predicted octanol–water partition coefficient (Wildman–Crippen LogP) is 4.08. The standard InChI is InChI=1S/C22H24N2O3S/c1-14-11-17-19(24-18-9-6-10-20(25)22(17)18)12-21(14)28(26,27)23-13-15(2)16-7-4-3-5-8-16/h3-5,7-8,11-12,15,23-24H,6,9-10,13H2,1-2H3/t15-/m1/s1. The molecule has 0 spiro atoms. The molecule has 0 amide bonds. The molecule has 146 valence electrons. The van der Waals surface area contributed by atoms with Crippen molar-refractivity contribution in [1.82, 2.24) is 9.71 Å². The molecule has 0 unspecified atom stereocenters. The van der Waals surface area contributed by atoms with Crippen molar-refractivity contribution in [3.8, 4) is 0 Å². The van der Waals surface area contributed by atoms with Crippen LogP contribution in [0.1, 0.15) is 52.9 Å². The summed E-state index contributed by atoms with van der Waals surface area (Å²) in [7, 11) is -3.66. The molecule has 1 aliphatic carbocycles. The van der Waals surface area contributed by atoms with Crippen molar-refractivity contribution in [3.05, 3.63) is 64.8 Å². The number of aromatic amines is 1. The fourth-order valence-corrected chi connectivity index (χ4v) is 5.32. The summed E-state index contributed by atoms with van der Waals surface area (Å²) < 4.78 is 28.6. The van der Waals surface area contributed by atoms with E-state index in [1.807, 2.05) is 43.3 Å². The number of sulfonamides is 1. The normalized spacial score (nSPS) is 15.6. The zero-order valence-corrected chi connectivity index (χ0v) is 16.9. The van der Waals surface area contributed by atoms with Crippen LogP contribution in [0.5, 0.6) is 0 Å². The van der Waals surface area contributed by atoms with Crippen LogP contribution in [0.2, 0.25) is 0 Å². The number of carbonyl (C=O) groups is 1. The van der Waals surface area contributed by atoms with Gasteiger partial charge in [-0.1, -0.05) is 37.3 Å². The number of hydrogen-bond donors (Lipinski definition) is 2. The van der Waals surface area contributed by atoms with E-state index in [2.05, 4.69) is 9.71 Å². The molecule has 1 aliphatic rings. The molecule has 28 heavy (non-hydrogen) atoms. The van der Waals surface area contributed by atoms with Gasteiger partial charge in [-0.25, -0.2) is 13.1 Å². The van der Waals surface area contributed by atoms with Crippen molar-refractivity contribution in [2.75, 3.05) is 6.54 Å². The highest BCUT2D eigenvalue weighted by molar-refractivity contribution is 7.89. The Morgan fingerprint density at radius 3 is 2.64 bits per heavy atom. The topological polar surface area (TPSA) is 79.0 Å². The van der Waals surface area contributed by atoms with Crippen molar-refractivity contribution in [2.24, 2.45) is 0 Å². The third-order valence-electron chi connectivity index (χ3n) is 5.52. The zero-order valence-electron chi connectivity index (χ0n) is 16.1. The maximum absolute atomic E-state index is 12.9. The monoisotopic (exact) mass is 396 g/mol. The molecule has 1 heterocycles. The van der Waals surface area contributed by atoms with Gasteiger partial charge in [-0.2, -0.15) is 0 Å². The van der Waals surface area contributed by atoms with Crippen LogP contribution in [0.15, 0.2) is 47.4 Å². The lowest BCUT2D eigenvalue weighted by Crippen LogP contribution is -2.28. The SMILES string of the molecule is Cc1cc2c3c([nH]c2cc1S(=O)(=O)NC[C@@H](C)c1ccccc1)CCCC3=O. The first-order valence-electron chi connectivity index (χ1n) is 9.60. The van der Waals surface area contributed by atoms with E-state index < -0.39 is 10.0 Å². The number of ketones is 1. The highest BCUT2D eigenvalue weighted by Crippen LogP contribution is 2.32. The van der Waals surface area contributed by atoms with E-state index >= 15 is 0 Å². The largest absolute Gasteiger partial charge is 0.358 e. The van der Waals surface area contributed by atoms with Crippen molar-refractivity contribution in [1.29, 1.82) is 0 Å². The number of aromatic nitrogens is 1. The summed E-state index contributed by atoms with van der Waals surface area (Å²) in [5, 5.41) is 0.828. The first kappa shape index (κ1) is 18.9. The Morgan fingerprint density at radius 2 is 1.89 bits per heavy atom. The summed E-state index contributed by atoms with van der Waals surface area (Å²) in [4.78, 5) is 15.8. The van der Waals surface area contributed by atoms with Gasteiger partial charge in [0.05, 0.1) is 4.90 Å². The number of Topliss-reactive ketones (excluding diaryl/α,β-unsaturated/α-hetero) is 1. The summed E-state index contributed by atoms with van der Waals surface area (Å²) in [6.07, 6.45) is 2.21. The van der Waals surface area contributed by atoms with Gasteiger partial charge in [0, 0.05) is 35.1 Å². The quantitative estimate of drug-likeness (QED) is 0.682. The number of H-pyrrole nitrogens is 1. The minimum Gasteiger partial charge on any atom is -0.358 e. The van der Waals surface area contributed by atoms with Crippen LogP contribution in [0.25, 0.3) is 10.9 Å². The van der Waals surface area contributed by atoms with E-state index in [9.17, 15) is 13.2 Å². The van der Waals surface area contributed by atoms with E-state index in [-0.39, 0.29) is 16.6 Å². The van der Waals surface area contributed by atoms with Crippen molar-refractivity contribution in [2.45, 2.75) is 43.9 Å². The average molecular weight is 397 g/mol. The van der Waals surface area contributed by atoms with E-state index in [0.29, 0.717) is 24.0 Å². The highest BCUT2D eigenvalue weighted by Gasteiger charge is 2.25. The summed E-state index contributed by atoms with van der Waals surface area (Å²) in [5.41, 5.74) is 4.10. The fourth-order valence-electron chi connectivity index (χ4n) is 3.94. The van der Waals surface area contributed by atoms with Gasteiger partial charge >= 0.3 is 0 Å². The summed E-state index contributed by atoms with van der Waals surface area (Å²) >= 11 is 0. The second kappa shape index (κ2) is 7.18. The summed E-state index contributed by atoms with van der Waals surface area (Å²) in [6.45, 7) is 4.10. The van der Waals surface area contributed by atoms with Gasteiger partial charge < -0.3 is 4.98 Å². The smallest absolute Gasteiger partial charge is 0.240 e. The molecule has 3 aromatic rings. The van der Waals surface area contributed by atoms with Crippen molar-refractivity contribution in [3.63, 3.8) is 0 Å². The lowest BCUT2D eigenvalue weighted by Gasteiger charge is -2.15. The Kier molecular flexibility index (Phi) is 4.85. The van der Waals surface area contributed by atoms with Crippen LogP contribution in [0.3, 0.4) is 0 Å². The van der Waals surface area contributed by atoms with E-state index in [1.54, 1.807) is 13.0 Å². The van der Waals surface area contributed by atoms with Crippen LogP contribution in [0, 0.1) is 6.92 Å². The van der Waals surface area contributed by atoms with Crippen LogP contribution in [-0.2, 0) is 16.4 Å². The van der Waals surface area contributed by atoms with Gasteiger partial charge in [0.1, 0.15) is 0 Å². The Balaban J connectivity index is 1.64. The first-order chi connectivity index (χ1) is 13.4. The van der Waals surface area contributed by atoms with E-state index in [1.165, 1.54) is 0 Å². The van der Waals surface area contributed by atoms with Crippen LogP contribution < -0.4 is 4.72 Å². The molecular weight excluding hydrogens is 372 g/mol. The van der Waals surface area contributed by atoms with Crippen LogP contribution >= 0.6 is 0 Å². The Bertz CT molecular complexity index is 1150. The second-order valence-electron chi connectivity index (χ2n) is 7.58. The summed E-state index contributed by atoms with van der Waals surface area (Å²) in [5.74, 6) is 0.202. The maximum Gasteiger partial charge on any atom is 0.240 e. The minimum atomic E-state index is -3.66. The number of carbonyl (C=O) groups excluding carboxylic acids is 1. The summed E-state index contributed by atoms with van der Waals surface area (Å²) in [6, 6.07) is 13.3. The van der Waals surface area contributed by atoms with E-state index in [4.69, 9.17) is 0 Å². The third kappa shape index (κ3) is 3.38. The molecule has 6 heteroatoms. The third-order valence-corrected chi connectivity index (χ3v) is 7.08. The molecule has 1 aromatic heterocycles. The molecule has 1 atom stereocenters. The molecule has 0 fully saturated rings. The minimum absolute atomic E-state index is 0.0652. The number of hydrogen-bond acceptors (Lipinski definition) is 3. The Morgan fingerprint density at radius 1 is 1.14 bits per heavy atom. The molecule has 0 saturated heterocycles.